The number of carbonyl (C=O) groups is 1. The summed E-state index contributed by atoms with van der Waals surface area (Å²) >= 11 is 0. The van der Waals surface area contributed by atoms with Crippen molar-refractivity contribution < 1.29 is 26.7 Å². The summed E-state index contributed by atoms with van der Waals surface area (Å²) < 4.78 is 55.4. The van der Waals surface area contributed by atoms with Gasteiger partial charge in [0.1, 0.15) is 11.6 Å². The van der Waals surface area contributed by atoms with Crippen LogP contribution in [0.5, 0.6) is 5.75 Å². The first-order valence-electron chi connectivity index (χ1n) is 17.0. The molecule has 1 aliphatic rings. The number of anilines is 2. The van der Waals surface area contributed by atoms with Crippen molar-refractivity contribution in [1.82, 2.24) is 20.2 Å². The summed E-state index contributed by atoms with van der Waals surface area (Å²) in [4.78, 5) is 26.6. The van der Waals surface area contributed by atoms with E-state index in [1.807, 2.05) is 36.4 Å². The van der Waals surface area contributed by atoms with E-state index in [1.54, 1.807) is 59.5 Å². The van der Waals surface area contributed by atoms with Gasteiger partial charge in [-0.1, -0.05) is 54.6 Å². The monoisotopic (exact) mass is 750 g/mol. The summed E-state index contributed by atoms with van der Waals surface area (Å²) in [5.74, 6) is -1.58. The zero-order valence-electron chi connectivity index (χ0n) is 28.7. The van der Waals surface area contributed by atoms with Gasteiger partial charge in [0.25, 0.3) is 0 Å². The normalized spacial score (nSPS) is 14.4. The van der Waals surface area contributed by atoms with Gasteiger partial charge in [-0.2, -0.15) is 0 Å². The number of rotatable bonds is 11. The second-order valence-corrected chi connectivity index (χ2v) is 16.8. The number of nitrogens with two attached hydrogens (primary N) is 1. The second kappa shape index (κ2) is 14.8. The summed E-state index contributed by atoms with van der Waals surface area (Å²) in [7, 11) is -8.08. The number of amides is 1. The van der Waals surface area contributed by atoms with E-state index in [-0.39, 0.29) is 33.7 Å². The Morgan fingerprint density at radius 2 is 1.32 bits per heavy atom. The third kappa shape index (κ3) is 7.80. The number of hydrogen-bond donors (Lipinski definition) is 3. The van der Waals surface area contributed by atoms with Gasteiger partial charge in [0.05, 0.1) is 11.8 Å². The number of nitrogens with one attached hydrogen (secondary N) is 1. The van der Waals surface area contributed by atoms with E-state index in [0.717, 1.165) is 5.69 Å². The molecule has 0 spiro atoms. The van der Waals surface area contributed by atoms with Crippen LogP contribution < -0.4 is 16.0 Å². The van der Waals surface area contributed by atoms with Crippen LogP contribution >= 0.6 is 0 Å². The van der Waals surface area contributed by atoms with Crippen LogP contribution in [0, 0.1) is 0 Å². The molecule has 1 aliphatic heterocycles. The largest absolute Gasteiger partial charge is 0.508 e. The molecule has 2 aromatic heterocycles. The third-order valence-corrected chi connectivity index (χ3v) is 12.6. The van der Waals surface area contributed by atoms with E-state index in [4.69, 9.17) is 5.73 Å². The number of nitrogen functional groups attached to an aromatic ring is 1. The lowest BCUT2D eigenvalue weighted by Gasteiger charge is -2.38. The number of hydrogen-bond acceptors (Lipinski definition) is 11. The molecule has 1 saturated heterocycles. The van der Waals surface area contributed by atoms with Crippen molar-refractivity contribution in [1.29, 1.82) is 0 Å². The molecular weight excluding hydrogens is 713 g/mol. The number of fused-ring (bicyclic) bond motifs is 2. The highest BCUT2D eigenvalue weighted by molar-refractivity contribution is 7.91. The van der Waals surface area contributed by atoms with Crippen molar-refractivity contribution in [3.05, 3.63) is 127 Å². The minimum absolute atomic E-state index is 0.0520. The van der Waals surface area contributed by atoms with Gasteiger partial charge in [-0.3, -0.25) is 10.1 Å². The van der Waals surface area contributed by atoms with Crippen LogP contribution in [-0.4, -0.2) is 80.8 Å². The Morgan fingerprint density at radius 3 is 1.94 bits per heavy atom. The lowest BCUT2D eigenvalue weighted by Crippen LogP contribution is -2.55. The summed E-state index contributed by atoms with van der Waals surface area (Å²) in [6.07, 6.45) is 2.82. The van der Waals surface area contributed by atoms with Crippen LogP contribution in [0.25, 0.3) is 21.5 Å². The number of pyridine rings is 2. The van der Waals surface area contributed by atoms with Gasteiger partial charge in [-0.05, 0) is 76.9 Å². The number of phenolic OH excluding ortho intramolecular Hbond substituents is 1. The van der Waals surface area contributed by atoms with Crippen molar-refractivity contribution in [3.8, 4) is 5.75 Å². The van der Waals surface area contributed by atoms with E-state index >= 15 is 0 Å². The predicted octanol–water partition coefficient (Wildman–Crippen LogP) is 4.33. The third-order valence-electron chi connectivity index (χ3n) is 9.49. The van der Waals surface area contributed by atoms with Gasteiger partial charge in [0, 0.05) is 60.7 Å². The summed E-state index contributed by atoms with van der Waals surface area (Å²) in [6, 6.07) is 28.3. The van der Waals surface area contributed by atoms with Crippen molar-refractivity contribution in [2.24, 2.45) is 0 Å². The van der Waals surface area contributed by atoms with Gasteiger partial charge in [-0.25, -0.2) is 26.8 Å². The fraction of sp³-hybridized carbons (Fsp3) is 0.205. The van der Waals surface area contributed by atoms with Crippen molar-refractivity contribution in [3.63, 3.8) is 0 Å². The van der Waals surface area contributed by atoms with E-state index in [9.17, 15) is 26.7 Å². The molecule has 12 nitrogen and oxygen atoms in total. The molecule has 0 aliphatic carbocycles. The average molecular weight is 751 g/mol. The maximum absolute atomic E-state index is 14.3. The summed E-state index contributed by atoms with van der Waals surface area (Å²) in [5, 5.41) is 15.6. The number of phenols is 1. The molecule has 0 radical (unpaired) electrons. The Labute approximate surface area is 307 Å². The molecule has 53 heavy (non-hydrogen) atoms. The molecule has 14 heteroatoms. The SMILES string of the molecule is Nc1ccc(N2CCN(C(=O)C(Cc3ccc(O)cc3CS(=O)(=O)c3nccc4ccccc34)NCS(=O)(=O)c3nccc4ccccc34)CC2)cc1. The number of nitrogens with zero attached hydrogens (tertiary/aromatic N) is 4. The van der Waals surface area contributed by atoms with Crippen LogP contribution in [0.2, 0.25) is 0 Å². The van der Waals surface area contributed by atoms with Crippen LogP contribution in [0.1, 0.15) is 11.1 Å². The number of benzene rings is 4. The molecule has 3 heterocycles. The molecule has 272 valence electrons. The molecule has 4 N–H and O–H groups in total. The number of carbonyl (C=O) groups excluding carboxylic acids is 1. The minimum Gasteiger partial charge on any atom is -0.508 e. The zero-order valence-corrected chi connectivity index (χ0v) is 30.3. The van der Waals surface area contributed by atoms with E-state index < -0.39 is 37.3 Å². The Balaban J connectivity index is 1.18. The van der Waals surface area contributed by atoms with Gasteiger partial charge < -0.3 is 20.6 Å². The number of piperazine rings is 1. The Bertz CT molecular complexity index is 2510. The summed E-state index contributed by atoms with van der Waals surface area (Å²) in [6.45, 7) is 1.84. The maximum Gasteiger partial charge on any atom is 0.240 e. The van der Waals surface area contributed by atoms with Crippen LogP contribution in [0.4, 0.5) is 11.4 Å². The molecule has 0 saturated carbocycles. The Morgan fingerprint density at radius 1 is 0.736 bits per heavy atom. The first-order valence-corrected chi connectivity index (χ1v) is 20.4. The first-order chi connectivity index (χ1) is 25.5. The van der Waals surface area contributed by atoms with E-state index in [2.05, 4.69) is 20.2 Å². The topological polar surface area (TPSA) is 176 Å². The maximum atomic E-state index is 14.3. The highest BCUT2D eigenvalue weighted by atomic mass is 32.2. The molecule has 1 unspecified atom stereocenters. The van der Waals surface area contributed by atoms with Gasteiger partial charge in [0.15, 0.2) is 19.9 Å². The van der Waals surface area contributed by atoms with Crippen LogP contribution in [0.3, 0.4) is 0 Å². The highest BCUT2D eigenvalue weighted by Gasteiger charge is 2.31. The smallest absolute Gasteiger partial charge is 0.240 e. The number of sulfone groups is 2. The lowest BCUT2D eigenvalue weighted by molar-refractivity contribution is -0.133. The van der Waals surface area contributed by atoms with Crippen LogP contribution in [-0.2, 0) is 36.6 Å². The Hall–Kier alpha value is -5.57. The quantitative estimate of drug-likeness (QED) is 0.161. The van der Waals surface area contributed by atoms with Crippen LogP contribution in [0.15, 0.2) is 126 Å². The van der Waals surface area contributed by atoms with Crippen molar-refractivity contribution >= 4 is 58.5 Å². The summed E-state index contributed by atoms with van der Waals surface area (Å²) in [5.41, 5.74) is 8.22. The minimum atomic E-state index is -4.04. The van der Waals surface area contributed by atoms with E-state index in [0.29, 0.717) is 59.0 Å². The standard InChI is InChI=1S/C39H38N6O6S2/c40-31-10-12-32(13-11-31)44-19-21-45(22-20-44)39(47)36(43-26-53(50,51)38-35-8-4-2-6-28(35)16-18-42-38)24-29-9-14-33(46)23-30(29)25-52(48,49)37-34-7-3-1-5-27(34)15-17-41-37/h1-18,23,36,43,46H,19-22,24-26,40H2. The van der Waals surface area contributed by atoms with Crippen molar-refractivity contribution in [2.75, 3.05) is 42.7 Å². The molecule has 6 aromatic rings. The molecule has 1 fully saturated rings. The zero-order chi connectivity index (χ0) is 37.2. The van der Waals surface area contributed by atoms with Crippen molar-refractivity contribution in [2.45, 2.75) is 28.3 Å². The molecule has 1 amide bonds. The van der Waals surface area contributed by atoms with Gasteiger partial charge in [0.2, 0.25) is 15.7 Å². The predicted molar refractivity (Wildman–Crippen MR) is 205 cm³/mol. The molecule has 4 aromatic carbocycles. The molecule has 0 bridgehead atoms. The lowest BCUT2D eigenvalue weighted by atomic mass is 9.99. The fourth-order valence-electron chi connectivity index (χ4n) is 6.73. The fourth-order valence-corrected chi connectivity index (χ4v) is 9.59. The highest BCUT2D eigenvalue weighted by Crippen LogP contribution is 2.28. The Kier molecular flexibility index (Phi) is 10.0. The van der Waals surface area contributed by atoms with Gasteiger partial charge in [-0.15, -0.1) is 0 Å². The average Bonchev–Trinajstić information content (AvgIpc) is 3.16. The second-order valence-electron chi connectivity index (χ2n) is 13.0. The molecular formula is C39H38N6O6S2. The first kappa shape index (κ1) is 35.8. The number of aromatic nitrogens is 2. The molecule has 1 atom stereocenters. The number of aromatic hydroxyl groups is 1. The molecule has 7 rings (SSSR count). The van der Waals surface area contributed by atoms with E-state index in [1.165, 1.54) is 24.5 Å². The van der Waals surface area contributed by atoms with Gasteiger partial charge >= 0.3 is 0 Å².